The Labute approximate surface area is 120 Å². The predicted molar refractivity (Wildman–Crippen MR) is 82.7 cm³/mol. The smallest absolute Gasteiger partial charge is 0.166 e. The third kappa shape index (κ3) is 2.72. The van der Waals surface area contributed by atoms with E-state index < -0.39 is 0 Å². The lowest BCUT2D eigenvalue weighted by atomic mass is 9.81. The van der Waals surface area contributed by atoms with Crippen LogP contribution < -0.4 is 0 Å². The Balaban J connectivity index is 1.68. The molecular weight excluding hydrogens is 244 g/mol. The van der Waals surface area contributed by atoms with Crippen molar-refractivity contribution < 1.29 is 4.79 Å². The fraction of sp³-hybridized carbons (Fsp3) is 0.211. The van der Waals surface area contributed by atoms with Crippen molar-refractivity contribution >= 4 is 11.9 Å². The maximum absolute atomic E-state index is 12.4. The monoisotopic (exact) mass is 262 g/mol. The first-order chi connectivity index (χ1) is 9.84. The normalized spacial score (nSPS) is 18.2. The van der Waals surface area contributed by atoms with Crippen LogP contribution in [0.3, 0.4) is 0 Å². The Bertz CT molecular complexity index is 625. The molecule has 2 aromatic rings. The third-order valence-electron chi connectivity index (χ3n) is 3.95. The summed E-state index contributed by atoms with van der Waals surface area (Å²) in [4.78, 5) is 12.4. The minimum Gasteiger partial charge on any atom is -0.294 e. The lowest BCUT2D eigenvalue weighted by molar-refractivity contribution is 0.0903. The summed E-state index contributed by atoms with van der Waals surface area (Å²) in [6.45, 7) is 0. The van der Waals surface area contributed by atoms with Crippen LogP contribution in [0.25, 0.3) is 6.08 Å². The first-order valence-corrected chi connectivity index (χ1v) is 7.18. The fourth-order valence-electron chi connectivity index (χ4n) is 2.82. The summed E-state index contributed by atoms with van der Waals surface area (Å²) in [7, 11) is 0. The van der Waals surface area contributed by atoms with Gasteiger partial charge in [-0.3, -0.25) is 4.79 Å². The van der Waals surface area contributed by atoms with Crippen LogP contribution in [0, 0.1) is 5.92 Å². The van der Waals surface area contributed by atoms with Crippen LogP contribution in [0.2, 0.25) is 0 Å². The van der Waals surface area contributed by atoms with E-state index in [0.29, 0.717) is 5.78 Å². The number of benzene rings is 2. The zero-order valence-electron chi connectivity index (χ0n) is 11.5. The van der Waals surface area contributed by atoms with Gasteiger partial charge in [0.1, 0.15) is 0 Å². The number of fused-ring (bicyclic) bond motifs is 1. The van der Waals surface area contributed by atoms with Gasteiger partial charge in [0.15, 0.2) is 5.78 Å². The van der Waals surface area contributed by atoms with Crippen molar-refractivity contribution in [3.05, 3.63) is 77.4 Å². The lowest BCUT2D eigenvalue weighted by Crippen LogP contribution is -2.21. The first kappa shape index (κ1) is 12.9. The summed E-state index contributed by atoms with van der Waals surface area (Å²) in [6, 6.07) is 18.2. The fourth-order valence-corrected chi connectivity index (χ4v) is 2.82. The highest BCUT2D eigenvalue weighted by atomic mass is 16.1. The van der Waals surface area contributed by atoms with E-state index in [9.17, 15) is 4.79 Å². The largest absolute Gasteiger partial charge is 0.294 e. The predicted octanol–water partition coefficient (Wildman–Crippen LogP) is 4.54. The van der Waals surface area contributed by atoms with E-state index >= 15 is 0 Å². The molecule has 3 rings (SSSR count). The molecule has 1 nitrogen and oxygen atoms in total. The summed E-state index contributed by atoms with van der Waals surface area (Å²) in [6.07, 6.45) is 7.06. The molecule has 1 aliphatic carbocycles. The third-order valence-corrected chi connectivity index (χ3v) is 3.95. The van der Waals surface area contributed by atoms with Crippen LogP contribution in [0.5, 0.6) is 0 Å². The first-order valence-electron chi connectivity index (χ1n) is 7.18. The molecule has 0 aliphatic heterocycles. The van der Waals surface area contributed by atoms with Crippen LogP contribution in [0.4, 0.5) is 0 Å². The van der Waals surface area contributed by atoms with E-state index in [1.54, 1.807) is 0 Å². The molecule has 0 heterocycles. The minimum atomic E-state index is 0.143. The van der Waals surface area contributed by atoms with Gasteiger partial charge in [0.05, 0.1) is 0 Å². The zero-order chi connectivity index (χ0) is 13.8. The van der Waals surface area contributed by atoms with Crippen molar-refractivity contribution in [3.63, 3.8) is 0 Å². The molecule has 1 heteroatoms. The molecule has 1 atom stereocenters. The standard InChI is InChI=1S/C19H18O/c20-19-17(11-6-9-15-7-2-1-3-8-15)14-13-16-10-4-5-12-18(16)19/h1-10,12,17H,11,13-14H2/b9-6+/t17-/m0/s1. The Morgan fingerprint density at radius 2 is 1.75 bits per heavy atom. The molecule has 2 aromatic carbocycles. The van der Waals surface area contributed by atoms with Crippen molar-refractivity contribution in [2.24, 2.45) is 5.92 Å². The molecule has 1 aliphatic rings. The number of rotatable bonds is 3. The molecular formula is C19H18O. The van der Waals surface area contributed by atoms with Gasteiger partial charge in [0.2, 0.25) is 0 Å². The molecule has 0 N–H and O–H groups in total. The number of carbonyl (C=O) groups excluding carboxylic acids is 1. The highest BCUT2D eigenvalue weighted by molar-refractivity contribution is 6.00. The molecule has 0 spiro atoms. The molecule has 20 heavy (non-hydrogen) atoms. The quantitative estimate of drug-likeness (QED) is 0.794. The topological polar surface area (TPSA) is 17.1 Å². The van der Waals surface area contributed by atoms with E-state index in [2.05, 4.69) is 30.4 Å². The van der Waals surface area contributed by atoms with Gasteiger partial charge >= 0.3 is 0 Å². The molecule has 0 radical (unpaired) electrons. The number of carbonyl (C=O) groups is 1. The molecule has 0 saturated carbocycles. The van der Waals surface area contributed by atoms with Crippen LogP contribution in [-0.4, -0.2) is 5.78 Å². The average Bonchev–Trinajstić information content (AvgIpc) is 2.51. The molecule has 100 valence electrons. The number of ketones is 1. The van der Waals surface area contributed by atoms with Gasteiger partial charge in [-0.25, -0.2) is 0 Å². The second-order valence-electron chi connectivity index (χ2n) is 5.31. The molecule has 0 fully saturated rings. The SMILES string of the molecule is O=C1c2ccccc2CC[C@@H]1C/C=C/c1ccccc1. The maximum atomic E-state index is 12.4. The van der Waals surface area contributed by atoms with Gasteiger partial charge in [-0.1, -0.05) is 66.7 Å². The minimum absolute atomic E-state index is 0.143. The van der Waals surface area contributed by atoms with Crippen LogP contribution in [0.15, 0.2) is 60.7 Å². The number of allylic oxidation sites excluding steroid dienone is 1. The second kappa shape index (κ2) is 5.87. The zero-order valence-corrected chi connectivity index (χ0v) is 11.5. The van der Waals surface area contributed by atoms with Crippen molar-refractivity contribution in [1.82, 2.24) is 0 Å². The van der Waals surface area contributed by atoms with Crippen LogP contribution in [0.1, 0.15) is 34.3 Å². The summed E-state index contributed by atoms with van der Waals surface area (Å²) in [5, 5.41) is 0. The summed E-state index contributed by atoms with van der Waals surface area (Å²) in [5.74, 6) is 0.453. The Kier molecular flexibility index (Phi) is 3.78. The number of Topliss-reactive ketones (excluding diaryl/α,β-unsaturated/α-hetero) is 1. The molecule has 0 bridgehead atoms. The average molecular weight is 262 g/mol. The molecule has 0 aromatic heterocycles. The van der Waals surface area contributed by atoms with Crippen molar-refractivity contribution in [3.8, 4) is 0 Å². The van der Waals surface area contributed by atoms with Crippen LogP contribution in [-0.2, 0) is 6.42 Å². The van der Waals surface area contributed by atoms with E-state index in [1.165, 1.54) is 11.1 Å². The Morgan fingerprint density at radius 3 is 2.60 bits per heavy atom. The Hall–Kier alpha value is -2.15. The summed E-state index contributed by atoms with van der Waals surface area (Å²) >= 11 is 0. The van der Waals surface area contributed by atoms with Gasteiger partial charge in [0, 0.05) is 11.5 Å². The van der Waals surface area contributed by atoms with Gasteiger partial charge < -0.3 is 0 Å². The van der Waals surface area contributed by atoms with Gasteiger partial charge in [0.25, 0.3) is 0 Å². The van der Waals surface area contributed by atoms with E-state index in [0.717, 1.165) is 24.8 Å². The van der Waals surface area contributed by atoms with Gasteiger partial charge in [-0.15, -0.1) is 0 Å². The van der Waals surface area contributed by atoms with Crippen molar-refractivity contribution in [2.45, 2.75) is 19.3 Å². The molecule has 0 unspecified atom stereocenters. The van der Waals surface area contributed by atoms with E-state index in [1.807, 2.05) is 36.4 Å². The highest BCUT2D eigenvalue weighted by Crippen LogP contribution is 2.27. The van der Waals surface area contributed by atoms with E-state index in [-0.39, 0.29) is 5.92 Å². The molecule has 0 amide bonds. The highest BCUT2D eigenvalue weighted by Gasteiger charge is 2.25. The van der Waals surface area contributed by atoms with Gasteiger partial charge in [-0.05, 0) is 30.4 Å². The number of aryl methyl sites for hydroxylation is 1. The second-order valence-corrected chi connectivity index (χ2v) is 5.31. The van der Waals surface area contributed by atoms with Gasteiger partial charge in [-0.2, -0.15) is 0 Å². The van der Waals surface area contributed by atoms with E-state index in [4.69, 9.17) is 0 Å². The summed E-state index contributed by atoms with van der Waals surface area (Å²) < 4.78 is 0. The number of hydrogen-bond acceptors (Lipinski definition) is 1. The summed E-state index contributed by atoms with van der Waals surface area (Å²) in [5.41, 5.74) is 3.33. The lowest BCUT2D eigenvalue weighted by Gasteiger charge is -2.22. The maximum Gasteiger partial charge on any atom is 0.166 e. The van der Waals surface area contributed by atoms with Crippen molar-refractivity contribution in [1.29, 1.82) is 0 Å². The van der Waals surface area contributed by atoms with Crippen LogP contribution >= 0.6 is 0 Å². The number of hydrogen-bond donors (Lipinski definition) is 0. The van der Waals surface area contributed by atoms with Crippen molar-refractivity contribution in [2.75, 3.05) is 0 Å². The Morgan fingerprint density at radius 1 is 1.00 bits per heavy atom. The molecule has 0 saturated heterocycles.